The van der Waals surface area contributed by atoms with Crippen molar-refractivity contribution in [2.45, 2.75) is 148 Å². The third kappa shape index (κ3) is 13.0. The number of unbranched alkanes of at least 4 members (excludes halogenated alkanes) is 2. The van der Waals surface area contributed by atoms with Crippen molar-refractivity contribution in [3.63, 3.8) is 0 Å². The van der Waals surface area contributed by atoms with Crippen molar-refractivity contribution >= 4 is 64.1 Å². The Morgan fingerprint density at radius 1 is 0.958 bits per heavy atom. The van der Waals surface area contributed by atoms with E-state index in [0.29, 0.717) is 55.7 Å². The van der Waals surface area contributed by atoms with Gasteiger partial charge < -0.3 is 42.2 Å². The molecule has 0 saturated carbocycles. The van der Waals surface area contributed by atoms with Gasteiger partial charge in [0, 0.05) is 37.3 Å². The van der Waals surface area contributed by atoms with E-state index in [1.165, 1.54) is 4.90 Å². The summed E-state index contributed by atoms with van der Waals surface area (Å²) in [6, 6.07) is 14.7. The fourth-order valence-electron chi connectivity index (χ4n) is 9.73. The number of aromatic nitrogens is 1. The Morgan fingerprint density at radius 3 is 2.39 bits per heavy atom. The van der Waals surface area contributed by atoms with Gasteiger partial charge in [-0.25, -0.2) is 4.98 Å². The van der Waals surface area contributed by atoms with Gasteiger partial charge in [0.15, 0.2) is 0 Å². The van der Waals surface area contributed by atoms with Crippen molar-refractivity contribution < 1.29 is 38.6 Å². The maximum atomic E-state index is 14.2. The van der Waals surface area contributed by atoms with Crippen molar-refractivity contribution in [2.24, 2.45) is 16.9 Å². The molecule has 3 aliphatic rings. The molecule has 18 heteroatoms. The molecule has 4 heterocycles. The molecule has 1 fully saturated rings. The van der Waals surface area contributed by atoms with Crippen LogP contribution in [-0.4, -0.2) is 99.9 Å². The number of thiazole rings is 1. The first-order valence-corrected chi connectivity index (χ1v) is 25.8. The van der Waals surface area contributed by atoms with Crippen LogP contribution in [-0.2, 0) is 48.0 Å². The zero-order chi connectivity index (χ0) is 51.1. The molecule has 16 nitrogen and oxygen atoms in total. The molecule has 3 aromatic carbocycles. The Bertz CT molecular complexity index is 2600. The third-order valence-electron chi connectivity index (χ3n) is 13.7. The quantitative estimate of drug-likeness (QED) is 0.0599. The average molecular weight is 1010 g/mol. The van der Waals surface area contributed by atoms with E-state index in [0.717, 1.165) is 44.1 Å². The minimum absolute atomic E-state index is 0.0152. The number of aryl methyl sites for hydroxylation is 3. The molecule has 0 unspecified atom stereocenters. The number of carbonyl (C=O) groups is 6. The number of hydrogen-bond donors (Lipinski definition) is 6. The number of benzene rings is 3. The van der Waals surface area contributed by atoms with Crippen LogP contribution in [0.4, 0.5) is 5.69 Å². The second-order valence-corrected chi connectivity index (χ2v) is 21.5. The third-order valence-corrected chi connectivity index (χ3v) is 15.1. The number of ether oxygens (including phenoxy) is 1. The molecule has 7 rings (SSSR count). The number of aliphatic hydroxyl groups excluding tert-OH is 1. The van der Waals surface area contributed by atoms with Crippen LogP contribution in [0, 0.1) is 12.3 Å². The van der Waals surface area contributed by atoms with E-state index in [1.54, 1.807) is 28.4 Å². The zero-order valence-corrected chi connectivity index (χ0v) is 42.7. The summed E-state index contributed by atoms with van der Waals surface area (Å²) in [5, 5.41) is 20.2. The van der Waals surface area contributed by atoms with Gasteiger partial charge in [-0.05, 0) is 104 Å². The SMILES string of the molecule is Cc1ncsc1-c1ccc([C@H](C)NC(=O)[C@@H]2C[C@@H](O)CN2C(=O)[C@@H](NC(=O)CCCCCc2cc(OC[C@H](CCC(N)=O)NC(=O)[C@@H]3Cc4cccc5c4N3C(=O)[C@@H](N)CC5)ccc2Cl)C(C)(C)C)cc1. The highest BCUT2D eigenvalue weighted by molar-refractivity contribution is 7.13. The summed E-state index contributed by atoms with van der Waals surface area (Å²) in [5.74, 6) is -1.75. The van der Waals surface area contributed by atoms with Crippen molar-refractivity contribution in [1.82, 2.24) is 25.8 Å². The van der Waals surface area contributed by atoms with E-state index in [9.17, 15) is 33.9 Å². The van der Waals surface area contributed by atoms with Crippen LogP contribution in [0.2, 0.25) is 5.02 Å². The minimum atomic E-state index is -0.938. The van der Waals surface area contributed by atoms with E-state index in [4.69, 9.17) is 27.8 Å². The van der Waals surface area contributed by atoms with Gasteiger partial charge in [0.2, 0.25) is 35.4 Å². The van der Waals surface area contributed by atoms with Gasteiger partial charge in [-0.3, -0.25) is 33.7 Å². The molecule has 3 aliphatic heterocycles. The second-order valence-electron chi connectivity index (χ2n) is 20.2. The Kier molecular flexibility index (Phi) is 17.2. The van der Waals surface area contributed by atoms with Gasteiger partial charge in [-0.2, -0.15) is 0 Å². The number of nitrogens with zero attached hydrogens (tertiary/aromatic N) is 3. The van der Waals surface area contributed by atoms with Gasteiger partial charge >= 0.3 is 0 Å². The molecule has 0 aliphatic carbocycles. The summed E-state index contributed by atoms with van der Waals surface area (Å²) in [7, 11) is 0. The van der Waals surface area contributed by atoms with E-state index < -0.39 is 53.5 Å². The number of likely N-dealkylation sites (tertiary alicyclic amines) is 1. The van der Waals surface area contributed by atoms with E-state index in [2.05, 4.69) is 20.9 Å². The van der Waals surface area contributed by atoms with Crippen LogP contribution in [0.15, 0.2) is 66.2 Å². The summed E-state index contributed by atoms with van der Waals surface area (Å²) < 4.78 is 6.17. The number of rotatable bonds is 20. The lowest BCUT2D eigenvalue weighted by molar-refractivity contribution is -0.144. The summed E-state index contributed by atoms with van der Waals surface area (Å²) in [4.78, 5) is 88.8. The van der Waals surface area contributed by atoms with Crippen LogP contribution in [0.3, 0.4) is 0 Å². The maximum Gasteiger partial charge on any atom is 0.246 e. The fraction of sp³-hybridized carbons (Fsp3) is 0.491. The number of β-amino-alcohol motifs (C(OH)–C–C–N with tert-alkyl or cyclic N) is 1. The highest BCUT2D eigenvalue weighted by Crippen LogP contribution is 2.39. The Morgan fingerprint density at radius 2 is 1.69 bits per heavy atom. The van der Waals surface area contributed by atoms with E-state index in [1.807, 2.05) is 88.7 Å². The van der Waals surface area contributed by atoms with Gasteiger partial charge in [-0.15, -0.1) is 11.3 Å². The van der Waals surface area contributed by atoms with Crippen molar-refractivity contribution in [2.75, 3.05) is 18.1 Å². The smallest absolute Gasteiger partial charge is 0.246 e. The normalized spacial score (nSPS) is 19.9. The number of hydrogen-bond acceptors (Lipinski definition) is 11. The van der Waals surface area contributed by atoms with Gasteiger partial charge in [0.1, 0.15) is 30.5 Å². The lowest BCUT2D eigenvalue weighted by Gasteiger charge is -2.35. The van der Waals surface area contributed by atoms with Crippen LogP contribution >= 0.6 is 22.9 Å². The van der Waals surface area contributed by atoms with Gasteiger partial charge in [0.05, 0.1) is 46.0 Å². The van der Waals surface area contributed by atoms with E-state index >= 15 is 0 Å². The number of nitrogens with two attached hydrogens (primary N) is 2. The number of amides is 6. The lowest BCUT2D eigenvalue weighted by Crippen LogP contribution is -2.57. The molecule has 0 spiro atoms. The summed E-state index contributed by atoms with van der Waals surface area (Å²) in [6.45, 7) is 9.42. The number of primary amides is 1. The van der Waals surface area contributed by atoms with Crippen molar-refractivity contribution in [1.29, 1.82) is 0 Å². The molecular formula is C53H67ClN8O8S. The average Bonchev–Trinajstić information content (AvgIpc) is 4.05. The first-order valence-electron chi connectivity index (χ1n) is 24.6. The molecule has 4 aromatic rings. The summed E-state index contributed by atoms with van der Waals surface area (Å²) in [5.41, 5.74) is 19.2. The molecule has 0 radical (unpaired) electrons. The fourth-order valence-corrected chi connectivity index (χ4v) is 10.8. The van der Waals surface area contributed by atoms with Crippen LogP contribution < -0.4 is 37.1 Å². The highest BCUT2D eigenvalue weighted by atomic mass is 35.5. The van der Waals surface area contributed by atoms with Gasteiger partial charge in [0.25, 0.3) is 0 Å². The largest absolute Gasteiger partial charge is 0.491 e. The molecule has 380 valence electrons. The Hall–Kier alpha value is -5.88. The molecule has 7 atom stereocenters. The summed E-state index contributed by atoms with van der Waals surface area (Å²) >= 11 is 8.18. The maximum absolute atomic E-state index is 14.2. The zero-order valence-electron chi connectivity index (χ0n) is 41.2. The number of halogens is 1. The Balaban J connectivity index is 0.886. The lowest BCUT2D eigenvalue weighted by atomic mass is 9.85. The standard InChI is InChI=1S/C53H67ClN8O8S/c1-30(32-14-16-34(17-15-32)47-31(2)57-29-71-47)58-49(66)42-26-38(63)27-61(42)52(69)48(53(3,4)5)60-45(65)13-8-6-7-10-35-24-39(20-21-40(35)54)70-28-37(19-23-44(56)64)59-50(67)43-25-36-12-9-11-33-18-22-41(55)51(68)62(43)46(33)36/h9,11-12,14-17,20-21,24,29-30,37-38,41-43,48,63H,6-8,10,13,18-19,22-23,25-28,55H2,1-5H3,(H2,56,64)(H,58,66)(H,59,67)(H,60,65)/t30-,37-,38+,41-,42-,43-,48+/m0/s1. The van der Waals surface area contributed by atoms with Gasteiger partial charge in [-0.1, -0.05) is 81.3 Å². The summed E-state index contributed by atoms with van der Waals surface area (Å²) in [6.07, 6.45) is 3.62. The number of nitrogens with one attached hydrogen (secondary N) is 3. The molecule has 1 aromatic heterocycles. The van der Waals surface area contributed by atoms with Crippen LogP contribution in [0.5, 0.6) is 5.75 Å². The predicted molar refractivity (Wildman–Crippen MR) is 274 cm³/mol. The molecule has 1 saturated heterocycles. The molecule has 6 amide bonds. The number of aliphatic hydroxyl groups is 1. The van der Waals surface area contributed by atoms with Crippen LogP contribution in [0.25, 0.3) is 10.4 Å². The van der Waals surface area contributed by atoms with Crippen LogP contribution in [0.1, 0.15) is 113 Å². The predicted octanol–water partition coefficient (Wildman–Crippen LogP) is 5.61. The molecular weight excluding hydrogens is 944 g/mol. The first-order chi connectivity index (χ1) is 33.8. The number of para-hydroxylation sites is 1. The first kappa shape index (κ1) is 52.9. The van der Waals surface area contributed by atoms with E-state index in [-0.39, 0.29) is 68.5 Å². The number of anilines is 1. The van der Waals surface area contributed by atoms with Crippen molar-refractivity contribution in [3.8, 4) is 16.2 Å². The number of carbonyl (C=O) groups excluding carboxylic acids is 6. The highest BCUT2D eigenvalue weighted by Gasteiger charge is 2.45. The second kappa shape index (κ2) is 23.1. The molecule has 71 heavy (non-hydrogen) atoms. The Labute approximate surface area is 424 Å². The molecule has 0 bridgehead atoms. The topological polar surface area (TPSA) is 239 Å². The van der Waals surface area contributed by atoms with Crippen molar-refractivity contribution in [3.05, 3.63) is 99.1 Å². The molecule has 8 N–H and O–H groups in total. The monoisotopic (exact) mass is 1010 g/mol. The minimum Gasteiger partial charge on any atom is -0.491 e.